The molecule has 0 unspecified atom stereocenters. The largest absolute Gasteiger partial charge is 0.507 e. The van der Waals surface area contributed by atoms with E-state index in [0.717, 1.165) is 12.0 Å². The Morgan fingerprint density at radius 2 is 1.75 bits per heavy atom. The van der Waals surface area contributed by atoms with Gasteiger partial charge in [0.25, 0.3) is 0 Å². The van der Waals surface area contributed by atoms with Crippen LogP contribution in [0.1, 0.15) is 12.5 Å². The molecule has 0 atom stereocenters. The van der Waals surface area contributed by atoms with Crippen LogP contribution in [0.3, 0.4) is 0 Å². The summed E-state index contributed by atoms with van der Waals surface area (Å²) >= 11 is 0. The third-order valence-corrected chi connectivity index (χ3v) is 2.63. The summed E-state index contributed by atoms with van der Waals surface area (Å²) in [4.78, 5) is 0. The number of benzene rings is 2. The predicted molar refractivity (Wildman–Crippen MR) is 62.9 cm³/mol. The van der Waals surface area contributed by atoms with Crippen LogP contribution in [0.2, 0.25) is 0 Å². The number of aryl methyl sites for hydroxylation is 1. The van der Waals surface area contributed by atoms with Gasteiger partial charge in [-0.2, -0.15) is 0 Å². The number of rotatable bonds is 2. The first kappa shape index (κ1) is 10.7. The summed E-state index contributed by atoms with van der Waals surface area (Å²) in [6, 6.07) is 11.7. The zero-order chi connectivity index (χ0) is 11.5. The van der Waals surface area contributed by atoms with Gasteiger partial charge in [-0.25, -0.2) is 4.39 Å². The summed E-state index contributed by atoms with van der Waals surface area (Å²) in [5.74, 6) is -0.238. The van der Waals surface area contributed by atoms with E-state index in [1.165, 1.54) is 23.8 Å². The van der Waals surface area contributed by atoms with E-state index >= 15 is 0 Å². The Bertz CT molecular complexity index is 489. The average molecular weight is 216 g/mol. The molecule has 0 aliphatic carbocycles. The number of aromatic hydroxyl groups is 1. The standard InChI is InChI=1S/C14H13FO/c1-2-10-3-5-11(6-4-10)13-9-12(15)7-8-14(13)16/h3-9,16H,2H2,1H3. The van der Waals surface area contributed by atoms with E-state index in [-0.39, 0.29) is 11.6 Å². The van der Waals surface area contributed by atoms with Crippen LogP contribution >= 0.6 is 0 Å². The molecule has 1 nitrogen and oxygen atoms in total. The Labute approximate surface area is 94.2 Å². The van der Waals surface area contributed by atoms with E-state index in [1.54, 1.807) is 0 Å². The summed E-state index contributed by atoms with van der Waals surface area (Å²) in [6.45, 7) is 2.08. The molecule has 2 rings (SSSR count). The second-order valence-electron chi connectivity index (χ2n) is 3.71. The maximum Gasteiger partial charge on any atom is 0.124 e. The second kappa shape index (κ2) is 4.35. The van der Waals surface area contributed by atoms with Crippen LogP contribution in [-0.4, -0.2) is 5.11 Å². The van der Waals surface area contributed by atoms with Crippen LogP contribution in [-0.2, 0) is 6.42 Å². The molecule has 0 aliphatic rings. The van der Waals surface area contributed by atoms with Crippen molar-refractivity contribution in [1.29, 1.82) is 0 Å². The van der Waals surface area contributed by atoms with Gasteiger partial charge >= 0.3 is 0 Å². The first-order valence-corrected chi connectivity index (χ1v) is 5.28. The molecule has 0 aromatic heterocycles. The maximum atomic E-state index is 13.1. The van der Waals surface area contributed by atoms with E-state index in [2.05, 4.69) is 6.92 Å². The van der Waals surface area contributed by atoms with Gasteiger partial charge in [-0.3, -0.25) is 0 Å². The lowest BCUT2D eigenvalue weighted by atomic mass is 10.0. The van der Waals surface area contributed by atoms with Crippen LogP contribution in [0.25, 0.3) is 11.1 Å². The van der Waals surface area contributed by atoms with Gasteiger partial charge in [-0.05, 0) is 35.7 Å². The van der Waals surface area contributed by atoms with E-state index in [4.69, 9.17) is 0 Å². The first-order valence-electron chi connectivity index (χ1n) is 5.28. The van der Waals surface area contributed by atoms with Crippen molar-refractivity contribution >= 4 is 0 Å². The molecule has 0 aliphatic heterocycles. The molecule has 16 heavy (non-hydrogen) atoms. The van der Waals surface area contributed by atoms with Crippen molar-refractivity contribution in [3.8, 4) is 16.9 Å². The minimum Gasteiger partial charge on any atom is -0.507 e. The third kappa shape index (κ3) is 2.06. The molecule has 0 bridgehead atoms. The molecule has 2 heteroatoms. The summed E-state index contributed by atoms with van der Waals surface area (Å²) in [5.41, 5.74) is 2.58. The molecular weight excluding hydrogens is 203 g/mol. The van der Waals surface area contributed by atoms with E-state index in [9.17, 15) is 9.50 Å². The fourth-order valence-corrected chi connectivity index (χ4v) is 1.66. The molecule has 0 heterocycles. The fraction of sp³-hybridized carbons (Fsp3) is 0.143. The lowest BCUT2D eigenvalue weighted by molar-refractivity contribution is 0.475. The Morgan fingerprint density at radius 3 is 2.38 bits per heavy atom. The molecule has 1 N–H and O–H groups in total. The smallest absolute Gasteiger partial charge is 0.124 e. The van der Waals surface area contributed by atoms with E-state index < -0.39 is 0 Å². The van der Waals surface area contributed by atoms with Crippen molar-refractivity contribution < 1.29 is 9.50 Å². The van der Waals surface area contributed by atoms with Crippen molar-refractivity contribution in [2.45, 2.75) is 13.3 Å². The Hall–Kier alpha value is -1.83. The van der Waals surface area contributed by atoms with Crippen LogP contribution in [0.4, 0.5) is 4.39 Å². The highest BCUT2D eigenvalue weighted by Gasteiger charge is 2.05. The normalized spacial score (nSPS) is 10.4. The molecule has 0 radical (unpaired) electrons. The van der Waals surface area contributed by atoms with Crippen molar-refractivity contribution in [2.75, 3.05) is 0 Å². The average Bonchev–Trinajstić information content (AvgIpc) is 2.32. The highest BCUT2D eigenvalue weighted by Crippen LogP contribution is 2.29. The summed E-state index contributed by atoms with van der Waals surface area (Å²) in [7, 11) is 0. The zero-order valence-electron chi connectivity index (χ0n) is 9.07. The summed E-state index contributed by atoms with van der Waals surface area (Å²) < 4.78 is 13.1. The molecule has 0 spiro atoms. The quantitative estimate of drug-likeness (QED) is 0.810. The number of phenolic OH excluding ortho intramolecular Hbond substituents is 1. The zero-order valence-corrected chi connectivity index (χ0v) is 9.07. The van der Waals surface area contributed by atoms with Gasteiger partial charge in [0.2, 0.25) is 0 Å². The van der Waals surface area contributed by atoms with Crippen LogP contribution in [0, 0.1) is 5.82 Å². The Morgan fingerprint density at radius 1 is 1.06 bits per heavy atom. The van der Waals surface area contributed by atoms with Gasteiger partial charge in [-0.15, -0.1) is 0 Å². The number of halogens is 1. The second-order valence-corrected chi connectivity index (χ2v) is 3.71. The van der Waals surface area contributed by atoms with Gasteiger partial charge in [0.1, 0.15) is 11.6 Å². The molecule has 0 fully saturated rings. The Balaban J connectivity index is 2.45. The number of phenols is 1. The van der Waals surface area contributed by atoms with Crippen molar-refractivity contribution in [3.05, 3.63) is 53.8 Å². The van der Waals surface area contributed by atoms with Crippen LogP contribution < -0.4 is 0 Å². The van der Waals surface area contributed by atoms with Crippen LogP contribution in [0.15, 0.2) is 42.5 Å². The fourth-order valence-electron chi connectivity index (χ4n) is 1.66. The SMILES string of the molecule is CCc1ccc(-c2cc(F)ccc2O)cc1. The minimum absolute atomic E-state index is 0.102. The molecule has 0 saturated heterocycles. The lowest BCUT2D eigenvalue weighted by Gasteiger charge is -2.05. The van der Waals surface area contributed by atoms with Gasteiger partial charge in [-0.1, -0.05) is 31.2 Å². The van der Waals surface area contributed by atoms with Crippen molar-refractivity contribution in [1.82, 2.24) is 0 Å². The third-order valence-electron chi connectivity index (χ3n) is 2.63. The van der Waals surface area contributed by atoms with Crippen LogP contribution in [0.5, 0.6) is 5.75 Å². The van der Waals surface area contributed by atoms with Gasteiger partial charge in [0, 0.05) is 5.56 Å². The number of hydrogen-bond donors (Lipinski definition) is 1. The summed E-state index contributed by atoms with van der Waals surface area (Å²) in [6.07, 6.45) is 0.968. The molecule has 2 aromatic rings. The van der Waals surface area contributed by atoms with Gasteiger partial charge in [0.15, 0.2) is 0 Å². The van der Waals surface area contributed by atoms with Crippen molar-refractivity contribution in [3.63, 3.8) is 0 Å². The van der Waals surface area contributed by atoms with E-state index in [1.807, 2.05) is 24.3 Å². The van der Waals surface area contributed by atoms with Gasteiger partial charge in [0.05, 0.1) is 0 Å². The topological polar surface area (TPSA) is 20.2 Å². The predicted octanol–water partition coefficient (Wildman–Crippen LogP) is 3.76. The molecule has 0 saturated carbocycles. The summed E-state index contributed by atoms with van der Waals surface area (Å²) in [5, 5.41) is 9.65. The lowest BCUT2D eigenvalue weighted by Crippen LogP contribution is -1.83. The van der Waals surface area contributed by atoms with Gasteiger partial charge < -0.3 is 5.11 Å². The molecule has 0 amide bonds. The highest BCUT2D eigenvalue weighted by atomic mass is 19.1. The monoisotopic (exact) mass is 216 g/mol. The highest BCUT2D eigenvalue weighted by molar-refractivity contribution is 5.70. The molecular formula is C14H13FO. The molecule has 82 valence electrons. The minimum atomic E-state index is -0.340. The number of hydrogen-bond acceptors (Lipinski definition) is 1. The first-order chi connectivity index (χ1) is 7.70. The Kier molecular flexibility index (Phi) is 2.91. The maximum absolute atomic E-state index is 13.1. The van der Waals surface area contributed by atoms with E-state index in [0.29, 0.717) is 5.56 Å². The van der Waals surface area contributed by atoms with Crippen molar-refractivity contribution in [2.24, 2.45) is 0 Å². The molecule has 2 aromatic carbocycles.